The molecule has 1 heterocycles. The van der Waals surface area contributed by atoms with Gasteiger partial charge < -0.3 is 0 Å². The quantitative estimate of drug-likeness (QED) is 0.735. The van der Waals surface area contributed by atoms with Gasteiger partial charge >= 0.3 is 0 Å². The summed E-state index contributed by atoms with van der Waals surface area (Å²) in [7, 11) is -3.23. The minimum absolute atomic E-state index is 0.116. The molecule has 0 amide bonds. The van der Waals surface area contributed by atoms with Crippen LogP contribution in [0.3, 0.4) is 0 Å². The fourth-order valence-corrected chi connectivity index (χ4v) is 7.95. The standard InChI is InChI=1S/C17H22O2S/c1-11-12(2)17(5)13(3)16(11,4)15(20(17,18)19)14-9-7-6-8-10-14/h6-10,13,15H,1-5H3/t13-,15+,16-,17+/m1/s1. The highest BCUT2D eigenvalue weighted by Crippen LogP contribution is 2.70. The Morgan fingerprint density at radius 3 is 2.05 bits per heavy atom. The van der Waals surface area contributed by atoms with Crippen LogP contribution in [0.1, 0.15) is 45.4 Å². The maximum absolute atomic E-state index is 13.2. The van der Waals surface area contributed by atoms with E-state index in [1.165, 1.54) is 5.57 Å². The van der Waals surface area contributed by atoms with Crippen LogP contribution >= 0.6 is 0 Å². The summed E-state index contributed by atoms with van der Waals surface area (Å²) >= 11 is 0. The molecule has 2 aliphatic rings. The minimum Gasteiger partial charge on any atom is -0.227 e. The first kappa shape index (κ1) is 13.9. The van der Waals surface area contributed by atoms with Crippen molar-refractivity contribution in [3.8, 4) is 0 Å². The average Bonchev–Trinajstić information content (AvgIpc) is 2.62. The van der Waals surface area contributed by atoms with Crippen LogP contribution in [-0.4, -0.2) is 13.2 Å². The number of rotatable bonds is 1. The van der Waals surface area contributed by atoms with E-state index in [2.05, 4.69) is 20.8 Å². The lowest BCUT2D eigenvalue weighted by Gasteiger charge is -2.35. The van der Waals surface area contributed by atoms with Crippen molar-refractivity contribution in [3.05, 3.63) is 47.0 Å². The smallest absolute Gasteiger partial charge is 0.167 e. The Hall–Kier alpha value is -1.09. The largest absolute Gasteiger partial charge is 0.227 e. The zero-order valence-electron chi connectivity index (χ0n) is 12.8. The van der Waals surface area contributed by atoms with E-state index < -0.39 is 19.8 Å². The van der Waals surface area contributed by atoms with Gasteiger partial charge in [0.05, 0.1) is 10.00 Å². The van der Waals surface area contributed by atoms with Crippen molar-refractivity contribution in [2.75, 3.05) is 0 Å². The van der Waals surface area contributed by atoms with Crippen LogP contribution in [0.2, 0.25) is 0 Å². The minimum atomic E-state index is -3.23. The molecule has 0 spiro atoms. The highest BCUT2D eigenvalue weighted by atomic mass is 32.2. The first-order chi connectivity index (χ1) is 9.20. The molecule has 0 saturated carbocycles. The Bertz CT molecular complexity index is 702. The third kappa shape index (κ3) is 1.19. The first-order valence-electron chi connectivity index (χ1n) is 7.17. The van der Waals surface area contributed by atoms with E-state index >= 15 is 0 Å². The third-order valence-electron chi connectivity index (χ3n) is 6.39. The van der Waals surface area contributed by atoms with E-state index in [0.29, 0.717) is 0 Å². The number of hydrogen-bond acceptors (Lipinski definition) is 2. The van der Waals surface area contributed by atoms with Gasteiger partial charge in [-0.1, -0.05) is 55.3 Å². The molecule has 3 heteroatoms. The molecule has 20 heavy (non-hydrogen) atoms. The molecule has 1 aliphatic carbocycles. The summed E-state index contributed by atoms with van der Waals surface area (Å²) in [6, 6.07) is 9.70. The molecule has 1 aromatic rings. The Morgan fingerprint density at radius 2 is 1.55 bits per heavy atom. The van der Waals surface area contributed by atoms with Crippen molar-refractivity contribution in [1.29, 1.82) is 0 Å². The van der Waals surface area contributed by atoms with Gasteiger partial charge in [-0.3, -0.25) is 0 Å². The van der Waals surface area contributed by atoms with Crippen LogP contribution < -0.4 is 0 Å². The van der Waals surface area contributed by atoms with E-state index in [1.807, 2.05) is 44.2 Å². The van der Waals surface area contributed by atoms with Crippen molar-refractivity contribution in [3.63, 3.8) is 0 Å². The lowest BCUT2D eigenvalue weighted by molar-refractivity contribution is 0.275. The molecule has 1 aromatic carbocycles. The van der Waals surface area contributed by atoms with Gasteiger partial charge in [-0.2, -0.15) is 0 Å². The van der Waals surface area contributed by atoms with Gasteiger partial charge in [0.15, 0.2) is 9.84 Å². The van der Waals surface area contributed by atoms with Crippen LogP contribution in [0.15, 0.2) is 41.5 Å². The molecular weight excluding hydrogens is 268 g/mol. The van der Waals surface area contributed by atoms with Crippen molar-refractivity contribution in [2.24, 2.45) is 11.3 Å². The predicted octanol–water partition coefficient (Wildman–Crippen LogP) is 3.91. The number of benzene rings is 1. The molecule has 0 aromatic heterocycles. The molecule has 1 aliphatic heterocycles. The van der Waals surface area contributed by atoms with E-state index in [1.54, 1.807) is 0 Å². The van der Waals surface area contributed by atoms with Crippen LogP contribution in [0.5, 0.6) is 0 Å². The molecule has 1 fully saturated rings. The van der Waals surface area contributed by atoms with Crippen molar-refractivity contribution in [2.45, 2.75) is 44.6 Å². The highest BCUT2D eigenvalue weighted by molar-refractivity contribution is 7.93. The predicted molar refractivity (Wildman–Crippen MR) is 82.2 cm³/mol. The first-order valence-corrected chi connectivity index (χ1v) is 8.71. The zero-order chi connectivity index (χ0) is 14.9. The Morgan fingerprint density at radius 1 is 1.00 bits per heavy atom. The molecule has 2 bridgehead atoms. The van der Waals surface area contributed by atoms with E-state index in [-0.39, 0.29) is 11.3 Å². The number of fused-ring (bicyclic) bond motifs is 2. The van der Waals surface area contributed by atoms with Crippen molar-refractivity contribution in [1.82, 2.24) is 0 Å². The van der Waals surface area contributed by atoms with Gasteiger partial charge in [-0.15, -0.1) is 0 Å². The molecule has 2 nitrogen and oxygen atoms in total. The number of sulfone groups is 1. The molecule has 4 atom stereocenters. The van der Waals surface area contributed by atoms with E-state index in [9.17, 15) is 8.42 Å². The fourth-order valence-electron chi connectivity index (χ4n) is 4.60. The summed E-state index contributed by atoms with van der Waals surface area (Å²) in [5.74, 6) is 0.116. The van der Waals surface area contributed by atoms with Gasteiger partial charge in [-0.05, 0) is 32.3 Å². The molecule has 1 saturated heterocycles. The van der Waals surface area contributed by atoms with Crippen molar-refractivity contribution >= 4 is 9.84 Å². The Labute approximate surface area is 121 Å². The Balaban J connectivity index is 2.35. The zero-order valence-corrected chi connectivity index (χ0v) is 13.6. The topological polar surface area (TPSA) is 34.1 Å². The maximum atomic E-state index is 13.2. The summed E-state index contributed by atoms with van der Waals surface area (Å²) in [6.07, 6.45) is 0. The molecule has 108 valence electrons. The summed E-state index contributed by atoms with van der Waals surface area (Å²) in [5.41, 5.74) is 2.95. The summed E-state index contributed by atoms with van der Waals surface area (Å²) in [4.78, 5) is 0. The summed E-state index contributed by atoms with van der Waals surface area (Å²) < 4.78 is 25.7. The normalized spacial score (nSPS) is 42.2. The molecule has 0 radical (unpaired) electrons. The van der Waals surface area contributed by atoms with Gasteiger partial charge in [-0.25, -0.2) is 8.42 Å². The molecule has 0 unspecified atom stereocenters. The van der Waals surface area contributed by atoms with Gasteiger partial charge in [0.25, 0.3) is 0 Å². The molecule has 3 rings (SSSR count). The number of hydrogen-bond donors (Lipinski definition) is 0. The van der Waals surface area contributed by atoms with Crippen LogP contribution in [-0.2, 0) is 9.84 Å². The van der Waals surface area contributed by atoms with Crippen LogP contribution in [0, 0.1) is 11.3 Å². The Kier molecular flexibility index (Phi) is 2.61. The second-order valence-electron chi connectivity index (χ2n) is 6.70. The van der Waals surface area contributed by atoms with E-state index in [4.69, 9.17) is 0 Å². The third-order valence-corrected chi connectivity index (χ3v) is 9.61. The van der Waals surface area contributed by atoms with Gasteiger partial charge in [0.1, 0.15) is 0 Å². The summed E-state index contributed by atoms with van der Waals surface area (Å²) in [6.45, 7) is 10.3. The lowest BCUT2D eigenvalue weighted by Crippen LogP contribution is -2.37. The SMILES string of the molecule is CC1=C(C)[C@@]2(C)[C@H](C)[C@]1(C)[C@H](c1ccccc1)S2(=O)=O. The number of allylic oxidation sites excluding steroid dienone is 1. The maximum Gasteiger partial charge on any atom is 0.167 e. The van der Waals surface area contributed by atoms with Crippen LogP contribution in [0.4, 0.5) is 0 Å². The van der Waals surface area contributed by atoms with Gasteiger partial charge in [0.2, 0.25) is 0 Å². The lowest BCUT2D eigenvalue weighted by atomic mass is 9.70. The fraction of sp³-hybridized carbons (Fsp3) is 0.529. The van der Waals surface area contributed by atoms with Crippen molar-refractivity contribution < 1.29 is 8.42 Å². The summed E-state index contributed by atoms with van der Waals surface area (Å²) in [5, 5.41) is -0.417. The van der Waals surface area contributed by atoms with Crippen LogP contribution in [0.25, 0.3) is 0 Å². The monoisotopic (exact) mass is 290 g/mol. The molecule has 0 N–H and O–H groups in total. The second kappa shape index (κ2) is 3.76. The molecular formula is C17H22O2S. The highest BCUT2D eigenvalue weighted by Gasteiger charge is 2.72. The second-order valence-corrected chi connectivity index (χ2v) is 9.11. The van der Waals surface area contributed by atoms with E-state index in [0.717, 1.165) is 11.1 Å². The average molecular weight is 290 g/mol. The van der Waals surface area contributed by atoms with Gasteiger partial charge in [0, 0.05) is 5.41 Å².